The largest absolute Gasteiger partial charge is 0.506 e. The van der Waals surface area contributed by atoms with Crippen molar-refractivity contribution < 1.29 is 14.9 Å². The Morgan fingerprint density at radius 1 is 1.19 bits per heavy atom. The van der Waals surface area contributed by atoms with Crippen LogP contribution in [0, 0.1) is 5.92 Å². The van der Waals surface area contributed by atoms with Crippen molar-refractivity contribution in [2.75, 3.05) is 45.9 Å². The van der Waals surface area contributed by atoms with Gasteiger partial charge < -0.3 is 30.2 Å². The van der Waals surface area contributed by atoms with Gasteiger partial charge in [0.15, 0.2) is 0 Å². The van der Waals surface area contributed by atoms with E-state index in [9.17, 15) is 15.0 Å². The van der Waals surface area contributed by atoms with Gasteiger partial charge in [-0.15, -0.1) is 0 Å². The van der Waals surface area contributed by atoms with E-state index in [2.05, 4.69) is 39.5 Å². The minimum absolute atomic E-state index is 0.0263. The summed E-state index contributed by atoms with van der Waals surface area (Å²) in [6.07, 6.45) is 1.28. The van der Waals surface area contributed by atoms with Gasteiger partial charge in [0.25, 0.3) is 0 Å². The summed E-state index contributed by atoms with van der Waals surface area (Å²) in [4.78, 5) is 16.4. The maximum atomic E-state index is 11.6. The quantitative estimate of drug-likeness (QED) is 0.312. The second-order valence-electron chi connectivity index (χ2n) is 8.39. The molecule has 1 aromatic heterocycles. The van der Waals surface area contributed by atoms with Crippen LogP contribution in [-0.2, 0) is 11.2 Å². The number of ether oxygens (including phenoxy) is 1. The molecule has 0 spiro atoms. The number of aliphatic hydroxyl groups excluding tert-OH is 1. The lowest BCUT2D eigenvalue weighted by atomic mass is 9.99. The first-order chi connectivity index (χ1) is 15.6. The number of H-pyrrole nitrogens is 1. The van der Waals surface area contributed by atoms with E-state index in [4.69, 9.17) is 4.74 Å². The fourth-order valence-corrected chi connectivity index (χ4v) is 5.07. The van der Waals surface area contributed by atoms with Gasteiger partial charge in [-0.2, -0.15) is 0 Å². The monoisotopic (exact) mass is 457 g/mol. The first kappa shape index (κ1) is 22.9. The van der Waals surface area contributed by atoms with E-state index in [0.717, 1.165) is 63.6 Å². The Hall–Kier alpha value is -2.23. The lowest BCUT2D eigenvalue weighted by Gasteiger charge is -2.39. The molecule has 8 heteroatoms. The molecule has 2 aromatic carbocycles. The molecule has 4 N–H and O–H groups in total. The highest BCUT2D eigenvalue weighted by molar-refractivity contribution is 7.16. The minimum Gasteiger partial charge on any atom is -0.506 e. The molecule has 0 saturated carbocycles. The highest BCUT2D eigenvalue weighted by Gasteiger charge is 2.26. The average molecular weight is 458 g/mol. The van der Waals surface area contributed by atoms with Crippen LogP contribution in [0.4, 0.5) is 0 Å². The smallest absolute Gasteiger partial charge is 0.305 e. The van der Waals surface area contributed by atoms with Crippen LogP contribution < -0.4 is 10.2 Å². The molecule has 3 aromatic rings. The number of phenols is 1. The lowest BCUT2D eigenvalue weighted by molar-refractivity contribution is 0.0727. The van der Waals surface area contributed by atoms with Gasteiger partial charge in [0.05, 0.1) is 17.4 Å². The molecule has 32 heavy (non-hydrogen) atoms. The number of likely N-dealkylation sites (tertiary alicyclic amines) is 1. The number of hydrogen-bond donors (Lipinski definition) is 4. The Morgan fingerprint density at radius 2 is 2.00 bits per heavy atom. The molecule has 0 amide bonds. The number of nitrogens with zero attached hydrogens (tertiary/aromatic N) is 1. The predicted molar refractivity (Wildman–Crippen MR) is 127 cm³/mol. The molecule has 0 aliphatic carbocycles. The SMILES string of the molecule is O=c1[nH]c2c(O)ccc(C(O)CNCC3CN(CCCOCCc4ccccc4)C3)c2s1. The molecular weight excluding hydrogens is 426 g/mol. The highest BCUT2D eigenvalue weighted by atomic mass is 32.1. The average Bonchev–Trinajstić information content (AvgIpc) is 3.16. The van der Waals surface area contributed by atoms with Gasteiger partial charge in [-0.05, 0) is 30.4 Å². The van der Waals surface area contributed by atoms with E-state index in [-0.39, 0.29) is 10.6 Å². The van der Waals surface area contributed by atoms with Crippen molar-refractivity contribution in [1.82, 2.24) is 15.2 Å². The second kappa shape index (κ2) is 11.1. The normalized spacial score (nSPS) is 15.8. The van der Waals surface area contributed by atoms with Crippen LogP contribution in [0.3, 0.4) is 0 Å². The van der Waals surface area contributed by atoms with Crippen molar-refractivity contribution in [2.24, 2.45) is 5.92 Å². The number of aliphatic hydroxyl groups is 1. The Balaban J connectivity index is 1.07. The van der Waals surface area contributed by atoms with Gasteiger partial charge >= 0.3 is 4.87 Å². The molecule has 1 unspecified atom stereocenters. The molecule has 0 radical (unpaired) electrons. The first-order valence-corrected chi connectivity index (χ1v) is 12.0. The van der Waals surface area contributed by atoms with Crippen molar-refractivity contribution in [2.45, 2.75) is 18.9 Å². The van der Waals surface area contributed by atoms with Crippen molar-refractivity contribution in [3.05, 3.63) is 63.3 Å². The van der Waals surface area contributed by atoms with Crippen molar-refractivity contribution in [3.8, 4) is 5.75 Å². The van der Waals surface area contributed by atoms with Crippen molar-refractivity contribution >= 4 is 21.6 Å². The number of aromatic hydroxyl groups is 1. The number of fused-ring (bicyclic) bond motifs is 1. The molecule has 1 aliphatic rings. The summed E-state index contributed by atoms with van der Waals surface area (Å²) in [6, 6.07) is 13.6. The number of aromatic amines is 1. The standard InChI is InChI=1S/C24H31N3O4S/c28-20-8-7-19(23-22(20)26-24(30)32-23)21(29)14-25-13-18-15-27(16-18)10-4-11-31-12-9-17-5-2-1-3-6-17/h1-3,5-8,18,21,25,28-29H,4,9-16H2,(H,26,30). The van der Waals surface area contributed by atoms with Crippen LogP contribution in [0.15, 0.2) is 47.3 Å². The maximum Gasteiger partial charge on any atom is 0.305 e. The number of benzene rings is 2. The van der Waals surface area contributed by atoms with Gasteiger partial charge in [-0.3, -0.25) is 4.79 Å². The lowest BCUT2D eigenvalue weighted by Crippen LogP contribution is -2.51. The van der Waals surface area contributed by atoms with E-state index in [1.165, 1.54) is 11.6 Å². The van der Waals surface area contributed by atoms with Crippen LogP contribution >= 0.6 is 11.3 Å². The van der Waals surface area contributed by atoms with E-state index < -0.39 is 6.10 Å². The van der Waals surface area contributed by atoms with Gasteiger partial charge in [-0.1, -0.05) is 47.7 Å². The van der Waals surface area contributed by atoms with Crippen molar-refractivity contribution in [3.63, 3.8) is 0 Å². The van der Waals surface area contributed by atoms with Gasteiger partial charge in [0, 0.05) is 44.9 Å². The molecule has 1 atom stereocenters. The van der Waals surface area contributed by atoms with Crippen LogP contribution in [0.2, 0.25) is 0 Å². The molecule has 1 fully saturated rings. The van der Waals surface area contributed by atoms with Crippen LogP contribution in [0.25, 0.3) is 10.2 Å². The van der Waals surface area contributed by atoms with Crippen molar-refractivity contribution in [1.29, 1.82) is 0 Å². The van der Waals surface area contributed by atoms with Gasteiger partial charge in [-0.25, -0.2) is 0 Å². The third-order valence-electron chi connectivity index (χ3n) is 5.89. The molecule has 1 saturated heterocycles. The molecular formula is C24H31N3O4S. The molecule has 0 bridgehead atoms. The summed E-state index contributed by atoms with van der Waals surface area (Å²) in [7, 11) is 0. The summed E-state index contributed by atoms with van der Waals surface area (Å²) in [5.41, 5.74) is 2.38. The summed E-state index contributed by atoms with van der Waals surface area (Å²) in [5.74, 6) is 0.614. The molecule has 1 aliphatic heterocycles. The highest BCUT2D eigenvalue weighted by Crippen LogP contribution is 2.31. The summed E-state index contributed by atoms with van der Waals surface area (Å²) in [6.45, 7) is 6.02. The molecule has 7 nitrogen and oxygen atoms in total. The van der Waals surface area contributed by atoms with Gasteiger partial charge in [0.1, 0.15) is 11.3 Å². The Bertz CT molecular complexity index is 1050. The van der Waals surface area contributed by atoms with E-state index in [1.807, 2.05) is 6.07 Å². The van der Waals surface area contributed by atoms with E-state index >= 15 is 0 Å². The van der Waals surface area contributed by atoms with Gasteiger partial charge in [0.2, 0.25) is 0 Å². The maximum absolute atomic E-state index is 11.6. The number of phenolic OH excluding ortho intramolecular Hbond substituents is 1. The number of hydrogen-bond acceptors (Lipinski definition) is 7. The summed E-state index contributed by atoms with van der Waals surface area (Å²) >= 11 is 1.01. The first-order valence-electron chi connectivity index (χ1n) is 11.2. The zero-order valence-electron chi connectivity index (χ0n) is 18.1. The second-order valence-corrected chi connectivity index (χ2v) is 9.38. The molecule has 172 valence electrons. The van der Waals surface area contributed by atoms with Crippen LogP contribution in [0.1, 0.15) is 23.7 Å². The molecule has 2 heterocycles. The topological polar surface area (TPSA) is 97.8 Å². The molecule has 4 rings (SSSR count). The number of rotatable bonds is 12. The zero-order chi connectivity index (χ0) is 22.3. The van der Waals surface area contributed by atoms with E-state index in [0.29, 0.717) is 28.2 Å². The summed E-state index contributed by atoms with van der Waals surface area (Å²) < 4.78 is 6.37. The van der Waals surface area contributed by atoms with Crippen LogP contribution in [-0.4, -0.2) is 66.0 Å². The van der Waals surface area contributed by atoms with Crippen LogP contribution in [0.5, 0.6) is 5.75 Å². The minimum atomic E-state index is -0.728. The Kier molecular flexibility index (Phi) is 7.94. The number of thiazole rings is 1. The fraction of sp³-hybridized carbons (Fsp3) is 0.458. The predicted octanol–water partition coefficient (Wildman–Crippen LogP) is 2.50. The summed E-state index contributed by atoms with van der Waals surface area (Å²) in [5, 5.41) is 23.8. The fourth-order valence-electron chi connectivity index (χ4n) is 4.15. The number of aromatic nitrogens is 1. The Morgan fingerprint density at radius 3 is 2.81 bits per heavy atom. The third kappa shape index (κ3) is 5.96. The third-order valence-corrected chi connectivity index (χ3v) is 6.82. The zero-order valence-corrected chi connectivity index (χ0v) is 18.9. The Labute approximate surface area is 191 Å². The van der Waals surface area contributed by atoms with E-state index in [1.54, 1.807) is 6.07 Å². The number of nitrogens with one attached hydrogen (secondary N) is 2.